The normalized spacial score (nSPS) is 17.2. The molecule has 1 heterocycles. The molecule has 3 rings (SSSR count). The molecule has 1 amide bonds. The summed E-state index contributed by atoms with van der Waals surface area (Å²) in [4.78, 5) is 25.0. The van der Waals surface area contributed by atoms with Crippen LogP contribution in [0.5, 0.6) is 5.75 Å². The first-order valence-electron chi connectivity index (χ1n) is 7.88. The van der Waals surface area contributed by atoms with Crippen molar-refractivity contribution >= 4 is 11.6 Å². The van der Waals surface area contributed by atoms with Crippen LogP contribution in [0.1, 0.15) is 22.0 Å². The van der Waals surface area contributed by atoms with Crippen LogP contribution in [0.2, 0.25) is 0 Å². The van der Waals surface area contributed by atoms with Crippen LogP contribution in [0.4, 0.5) is 5.69 Å². The van der Waals surface area contributed by atoms with E-state index >= 15 is 0 Å². The highest BCUT2D eigenvalue weighted by molar-refractivity contribution is 5.97. The van der Waals surface area contributed by atoms with E-state index in [2.05, 4.69) is 0 Å². The molecule has 1 unspecified atom stereocenters. The molecule has 1 aliphatic rings. The van der Waals surface area contributed by atoms with Gasteiger partial charge in [0.2, 0.25) is 0 Å². The Balaban J connectivity index is 1.85. The number of hydrogen-bond acceptors (Lipinski definition) is 5. The largest absolute Gasteiger partial charge is 0.496 e. The molecule has 0 bridgehead atoms. The molecule has 2 aromatic rings. The summed E-state index contributed by atoms with van der Waals surface area (Å²) in [5.74, 6) is 0.0168. The minimum atomic E-state index is -0.525. The number of non-ortho nitro benzene ring substituents is 1. The van der Waals surface area contributed by atoms with Gasteiger partial charge in [0, 0.05) is 18.7 Å². The van der Waals surface area contributed by atoms with Crippen molar-refractivity contribution in [3.05, 3.63) is 69.8 Å². The zero-order chi connectivity index (χ0) is 17.8. The minimum Gasteiger partial charge on any atom is -0.496 e. The molecule has 0 radical (unpaired) electrons. The predicted octanol–water partition coefficient (Wildman–Crippen LogP) is 2.82. The third-order valence-corrected chi connectivity index (χ3v) is 4.15. The van der Waals surface area contributed by atoms with Crippen LogP contribution in [0.3, 0.4) is 0 Å². The van der Waals surface area contributed by atoms with Crippen molar-refractivity contribution in [1.29, 1.82) is 0 Å². The Hall–Kier alpha value is -2.93. The summed E-state index contributed by atoms with van der Waals surface area (Å²) in [6.45, 7) is 1.21. The van der Waals surface area contributed by atoms with Gasteiger partial charge < -0.3 is 14.4 Å². The molecular formula is C18H18N2O5. The number of carbonyl (C=O) groups is 1. The molecule has 0 spiro atoms. The number of methoxy groups -OCH3 is 1. The zero-order valence-electron chi connectivity index (χ0n) is 13.8. The van der Waals surface area contributed by atoms with Crippen LogP contribution < -0.4 is 4.74 Å². The highest BCUT2D eigenvalue weighted by Crippen LogP contribution is 2.28. The van der Waals surface area contributed by atoms with E-state index in [-0.39, 0.29) is 23.3 Å². The Morgan fingerprint density at radius 1 is 1.28 bits per heavy atom. The van der Waals surface area contributed by atoms with E-state index < -0.39 is 4.92 Å². The van der Waals surface area contributed by atoms with Gasteiger partial charge in [0.25, 0.3) is 11.6 Å². The molecule has 2 aromatic carbocycles. The predicted molar refractivity (Wildman–Crippen MR) is 90.7 cm³/mol. The minimum absolute atomic E-state index is 0.142. The monoisotopic (exact) mass is 342 g/mol. The molecule has 0 saturated carbocycles. The van der Waals surface area contributed by atoms with Crippen molar-refractivity contribution in [1.82, 2.24) is 4.90 Å². The van der Waals surface area contributed by atoms with Gasteiger partial charge in [0.15, 0.2) is 0 Å². The molecule has 25 heavy (non-hydrogen) atoms. The smallest absolute Gasteiger partial charge is 0.270 e. The lowest BCUT2D eigenvalue weighted by atomic mass is 10.1. The van der Waals surface area contributed by atoms with Crippen LogP contribution in [0.25, 0.3) is 0 Å². The van der Waals surface area contributed by atoms with E-state index in [0.29, 0.717) is 25.4 Å². The maximum absolute atomic E-state index is 12.9. The molecule has 1 saturated heterocycles. The first-order chi connectivity index (χ1) is 12.1. The Kier molecular flexibility index (Phi) is 4.95. The molecule has 0 aromatic heterocycles. The van der Waals surface area contributed by atoms with Gasteiger partial charge in [0.05, 0.1) is 30.7 Å². The molecule has 130 valence electrons. The maximum atomic E-state index is 12.9. The number of benzene rings is 2. The van der Waals surface area contributed by atoms with Crippen molar-refractivity contribution in [3.63, 3.8) is 0 Å². The molecule has 1 fully saturated rings. The van der Waals surface area contributed by atoms with E-state index in [0.717, 1.165) is 5.56 Å². The second-order valence-corrected chi connectivity index (χ2v) is 5.66. The van der Waals surface area contributed by atoms with Gasteiger partial charge in [-0.25, -0.2) is 0 Å². The van der Waals surface area contributed by atoms with Crippen molar-refractivity contribution in [2.45, 2.75) is 6.10 Å². The lowest BCUT2D eigenvalue weighted by Gasteiger charge is -2.33. The van der Waals surface area contributed by atoms with E-state index in [1.807, 2.05) is 30.3 Å². The van der Waals surface area contributed by atoms with Crippen molar-refractivity contribution < 1.29 is 19.2 Å². The summed E-state index contributed by atoms with van der Waals surface area (Å²) in [5, 5.41) is 11.0. The van der Waals surface area contributed by atoms with Crippen LogP contribution in [-0.2, 0) is 4.74 Å². The van der Waals surface area contributed by atoms with Crippen LogP contribution in [0, 0.1) is 10.1 Å². The number of hydrogen-bond donors (Lipinski definition) is 0. The van der Waals surface area contributed by atoms with Gasteiger partial charge in [-0.15, -0.1) is 0 Å². The van der Waals surface area contributed by atoms with Gasteiger partial charge >= 0.3 is 0 Å². The van der Waals surface area contributed by atoms with E-state index in [4.69, 9.17) is 9.47 Å². The number of nitrogens with zero attached hydrogens (tertiary/aromatic N) is 2. The van der Waals surface area contributed by atoms with Crippen LogP contribution >= 0.6 is 0 Å². The lowest BCUT2D eigenvalue weighted by Crippen LogP contribution is -2.42. The van der Waals surface area contributed by atoms with Gasteiger partial charge in [-0.2, -0.15) is 0 Å². The third kappa shape index (κ3) is 3.61. The first kappa shape index (κ1) is 16.9. The molecular weight excluding hydrogens is 324 g/mol. The number of ether oxygens (including phenoxy) is 2. The van der Waals surface area contributed by atoms with E-state index in [1.165, 1.54) is 25.3 Å². The van der Waals surface area contributed by atoms with Gasteiger partial charge in [-0.05, 0) is 11.6 Å². The van der Waals surface area contributed by atoms with Crippen LogP contribution in [-0.4, -0.2) is 42.5 Å². The quantitative estimate of drug-likeness (QED) is 0.630. The van der Waals surface area contributed by atoms with Crippen molar-refractivity contribution in [2.24, 2.45) is 0 Å². The number of nitro groups is 1. The first-order valence-corrected chi connectivity index (χ1v) is 7.88. The number of nitro benzene ring substituents is 1. The highest BCUT2D eigenvalue weighted by atomic mass is 16.6. The molecule has 1 aliphatic heterocycles. The summed E-state index contributed by atoms with van der Waals surface area (Å²) >= 11 is 0. The summed E-state index contributed by atoms with van der Waals surface area (Å²) in [5.41, 5.74) is 1.04. The standard InChI is InChI=1S/C18H18N2O5/c1-24-16-8-7-14(20(22)23)11-15(16)18(21)19-9-10-25-17(12-19)13-5-3-2-4-6-13/h2-8,11,17H,9-10,12H2,1H3. The molecule has 1 atom stereocenters. The van der Waals surface area contributed by atoms with Gasteiger partial charge in [-0.3, -0.25) is 14.9 Å². The number of amides is 1. The van der Waals surface area contributed by atoms with Crippen molar-refractivity contribution in [3.8, 4) is 5.75 Å². The summed E-state index contributed by atoms with van der Waals surface area (Å²) in [7, 11) is 1.43. The fourth-order valence-corrected chi connectivity index (χ4v) is 2.85. The topological polar surface area (TPSA) is 81.9 Å². The lowest BCUT2D eigenvalue weighted by molar-refractivity contribution is -0.384. The Morgan fingerprint density at radius 2 is 2.04 bits per heavy atom. The fraction of sp³-hybridized carbons (Fsp3) is 0.278. The summed E-state index contributed by atoms with van der Waals surface area (Å²) in [6, 6.07) is 13.7. The van der Waals surface area contributed by atoms with Crippen molar-refractivity contribution in [2.75, 3.05) is 26.8 Å². The van der Waals surface area contributed by atoms with E-state index in [1.54, 1.807) is 4.90 Å². The Labute approximate surface area is 144 Å². The average molecular weight is 342 g/mol. The highest BCUT2D eigenvalue weighted by Gasteiger charge is 2.28. The van der Waals surface area contributed by atoms with Crippen LogP contribution in [0.15, 0.2) is 48.5 Å². The fourth-order valence-electron chi connectivity index (χ4n) is 2.85. The van der Waals surface area contributed by atoms with E-state index in [9.17, 15) is 14.9 Å². The van der Waals surface area contributed by atoms with Gasteiger partial charge in [0.1, 0.15) is 11.9 Å². The molecule has 0 N–H and O–H groups in total. The number of carbonyl (C=O) groups excluding carboxylic acids is 1. The molecule has 7 nitrogen and oxygen atoms in total. The Bertz CT molecular complexity index is 778. The SMILES string of the molecule is COc1ccc([N+](=O)[O-])cc1C(=O)N1CCOC(c2ccccc2)C1. The second kappa shape index (κ2) is 7.31. The summed E-state index contributed by atoms with van der Waals surface area (Å²) < 4.78 is 11.0. The molecule has 7 heteroatoms. The third-order valence-electron chi connectivity index (χ3n) is 4.15. The number of morpholine rings is 1. The second-order valence-electron chi connectivity index (χ2n) is 5.66. The zero-order valence-corrected chi connectivity index (χ0v) is 13.8. The summed E-state index contributed by atoms with van der Waals surface area (Å²) in [6.07, 6.45) is -0.219. The average Bonchev–Trinajstić information content (AvgIpc) is 2.67. The Morgan fingerprint density at radius 3 is 2.72 bits per heavy atom. The molecule has 0 aliphatic carbocycles. The van der Waals surface area contributed by atoms with Gasteiger partial charge in [-0.1, -0.05) is 30.3 Å². The maximum Gasteiger partial charge on any atom is 0.270 e. The number of rotatable bonds is 4.